The zero-order valence-corrected chi connectivity index (χ0v) is 19.9. The first-order chi connectivity index (χ1) is 17.0. The fraction of sp³-hybridized carbons (Fsp3) is 0.185. The van der Waals surface area contributed by atoms with Gasteiger partial charge in [-0.25, -0.2) is 9.67 Å². The van der Waals surface area contributed by atoms with E-state index < -0.39 is 0 Å². The Hall–Kier alpha value is -4.46. The van der Waals surface area contributed by atoms with Crippen molar-refractivity contribution in [3.8, 4) is 17.0 Å². The average Bonchev–Trinajstić information content (AvgIpc) is 3.47. The first kappa shape index (κ1) is 22.3. The molecule has 3 heterocycles. The second kappa shape index (κ2) is 9.42. The molecule has 0 bridgehead atoms. The fourth-order valence-electron chi connectivity index (χ4n) is 3.91. The molecule has 0 aliphatic rings. The summed E-state index contributed by atoms with van der Waals surface area (Å²) in [7, 11) is 1.88. The predicted molar refractivity (Wildman–Crippen MR) is 135 cm³/mol. The van der Waals surface area contributed by atoms with Crippen molar-refractivity contribution in [2.24, 2.45) is 7.05 Å². The van der Waals surface area contributed by atoms with Gasteiger partial charge in [0.2, 0.25) is 0 Å². The maximum absolute atomic E-state index is 13.3. The van der Waals surface area contributed by atoms with Gasteiger partial charge in [0.1, 0.15) is 5.75 Å². The van der Waals surface area contributed by atoms with Gasteiger partial charge >= 0.3 is 0 Å². The smallest absolute Gasteiger partial charge is 0.256 e. The number of aryl methyl sites for hydroxylation is 2. The number of fused-ring (bicyclic) bond motifs is 1. The third-order valence-electron chi connectivity index (χ3n) is 6.06. The Balaban J connectivity index is 1.36. The Morgan fingerprint density at radius 1 is 1.06 bits per heavy atom. The Morgan fingerprint density at radius 2 is 1.86 bits per heavy atom. The van der Waals surface area contributed by atoms with E-state index in [1.54, 1.807) is 28.0 Å². The summed E-state index contributed by atoms with van der Waals surface area (Å²) < 4.78 is 9.23. The molecule has 0 unspecified atom stereocenters. The van der Waals surface area contributed by atoms with Gasteiger partial charge in [-0.15, -0.1) is 0 Å². The number of anilines is 1. The molecule has 2 aromatic carbocycles. The molecule has 1 amide bonds. The zero-order chi connectivity index (χ0) is 24.4. The van der Waals surface area contributed by atoms with Gasteiger partial charge in [-0.05, 0) is 43.2 Å². The second-order valence-corrected chi connectivity index (χ2v) is 8.33. The molecule has 8 heteroatoms. The predicted octanol–water partition coefficient (Wildman–Crippen LogP) is 4.99. The van der Waals surface area contributed by atoms with E-state index >= 15 is 0 Å². The number of ether oxygens (including phenoxy) is 1. The quantitative estimate of drug-likeness (QED) is 0.365. The van der Waals surface area contributed by atoms with Crippen molar-refractivity contribution in [3.05, 3.63) is 90.0 Å². The van der Waals surface area contributed by atoms with Crippen molar-refractivity contribution in [2.45, 2.75) is 27.0 Å². The van der Waals surface area contributed by atoms with Crippen LogP contribution in [0.15, 0.2) is 73.2 Å². The van der Waals surface area contributed by atoms with E-state index in [4.69, 9.17) is 9.72 Å². The molecule has 35 heavy (non-hydrogen) atoms. The molecule has 0 aliphatic carbocycles. The summed E-state index contributed by atoms with van der Waals surface area (Å²) >= 11 is 0. The molecule has 5 rings (SSSR count). The minimum absolute atomic E-state index is 0.234. The summed E-state index contributed by atoms with van der Waals surface area (Å²) in [6, 6.07) is 17.4. The molecule has 0 atom stereocenters. The lowest BCUT2D eigenvalue weighted by Crippen LogP contribution is -2.13. The van der Waals surface area contributed by atoms with Gasteiger partial charge in [0, 0.05) is 23.7 Å². The lowest BCUT2D eigenvalue weighted by atomic mass is 10.0. The molecule has 8 nitrogen and oxygen atoms in total. The van der Waals surface area contributed by atoms with E-state index in [1.165, 1.54) is 5.56 Å². The third kappa shape index (κ3) is 4.63. The maximum Gasteiger partial charge on any atom is 0.256 e. The number of amides is 1. The van der Waals surface area contributed by atoms with Crippen molar-refractivity contribution in [1.82, 2.24) is 24.5 Å². The number of nitrogens with zero attached hydrogens (tertiary/aromatic N) is 5. The molecule has 0 radical (unpaired) electrons. The van der Waals surface area contributed by atoms with Crippen molar-refractivity contribution in [1.29, 1.82) is 0 Å². The fourth-order valence-corrected chi connectivity index (χ4v) is 3.91. The van der Waals surface area contributed by atoms with Gasteiger partial charge in [0.25, 0.3) is 5.91 Å². The number of carbonyl (C=O) groups is 1. The van der Waals surface area contributed by atoms with Crippen LogP contribution in [0, 0.1) is 6.92 Å². The lowest BCUT2D eigenvalue weighted by Gasteiger charge is -2.10. The molecular formula is C27H26N6O2. The molecule has 0 saturated heterocycles. The zero-order valence-electron chi connectivity index (χ0n) is 19.9. The number of hydrogen-bond donors (Lipinski definition) is 1. The van der Waals surface area contributed by atoms with Crippen LogP contribution in [0.4, 0.5) is 5.69 Å². The van der Waals surface area contributed by atoms with Gasteiger partial charge in [-0.3, -0.25) is 9.48 Å². The minimum atomic E-state index is -0.234. The molecule has 1 N–H and O–H groups in total. The number of carbonyl (C=O) groups excluding carboxylic acids is 1. The van der Waals surface area contributed by atoms with Crippen LogP contribution in [0.25, 0.3) is 22.2 Å². The van der Waals surface area contributed by atoms with Crippen LogP contribution in [-0.2, 0) is 20.2 Å². The monoisotopic (exact) mass is 466 g/mol. The highest BCUT2D eigenvalue weighted by Crippen LogP contribution is 2.27. The largest absolute Gasteiger partial charge is 0.471 e. The van der Waals surface area contributed by atoms with E-state index in [-0.39, 0.29) is 12.6 Å². The molecule has 0 spiro atoms. The first-order valence-electron chi connectivity index (χ1n) is 11.5. The minimum Gasteiger partial charge on any atom is -0.471 e. The molecule has 0 fully saturated rings. The van der Waals surface area contributed by atoms with Gasteiger partial charge < -0.3 is 10.1 Å². The Labute approximate surface area is 203 Å². The molecule has 176 valence electrons. The van der Waals surface area contributed by atoms with Crippen molar-refractivity contribution in [2.75, 3.05) is 5.32 Å². The van der Waals surface area contributed by atoms with Crippen LogP contribution >= 0.6 is 0 Å². The highest BCUT2D eigenvalue weighted by atomic mass is 16.5. The Morgan fingerprint density at radius 3 is 2.60 bits per heavy atom. The van der Waals surface area contributed by atoms with E-state index in [1.807, 2.05) is 68.6 Å². The van der Waals surface area contributed by atoms with Crippen LogP contribution in [0.1, 0.15) is 28.5 Å². The topological polar surface area (TPSA) is 86.9 Å². The summed E-state index contributed by atoms with van der Waals surface area (Å²) in [5.41, 5.74) is 5.70. The highest BCUT2D eigenvalue weighted by Gasteiger charge is 2.17. The highest BCUT2D eigenvalue weighted by molar-refractivity contribution is 6.13. The van der Waals surface area contributed by atoms with Crippen molar-refractivity contribution in [3.63, 3.8) is 0 Å². The summed E-state index contributed by atoms with van der Waals surface area (Å²) in [5, 5.41) is 12.4. The van der Waals surface area contributed by atoms with Crippen LogP contribution < -0.4 is 10.1 Å². The number of rotatable bonds is 7. The lowest BCUT2D eigenvalue weighted by molar-refractivity contribution is 0.102. The van der Waals surface area contributed by atoms with Gasteiger partial charge in [0.15, 0.2) is 6.73 Å². The number of aromatic nitrogens is 5. The Bertz CT molecular complexity index is 1500. The van der Waals surface area contributed by atoms with Gasteiger partial charge in [0.05, 0.1) is 41.1 Å². The number of nitrogens with one attached hydrogen (secondary N) is 1. The van der Waals surface area contributed by atoms with E-state index in [9.17, 15) is 4.79 Å². The summed E-state index contributed by atoms with van der Waals surface area (Å²) in [5.74, 6) is 0.534. The van der Waals surface area contributed by atoms with Crippen molar-refractivity contribution >= 4 is 22.5 Å². The maximum atomic E-state index is 13.3. The normalized spacial score (nSPS) is 11.1. The molecular weight excluding hydrogens is 440 g/mol. The molecule has 5 aromatic rings. The van der Waals surface area contributed by atoms with Crippen LogP contribution in [0.2, 0.25) is 0 Å². The molecule has 0 aliphatic heterocycles. The van der Waals surface area contributed by atoms with E-state index in [2.05, 4.69) is 22.4 Å². The summed E-state index contributed by atoms with van der Waals surface area (Å²) in [6.45, 7) is 4.34. The Kier molecular flexibility index (Phi) is 6.01. The van der Waals surface area contributed by atoms with E-state index in [0.717, 1.165) is 34.3 Å². The SMILES string of the molecule is CCc1ccc(OCn2cc(NC(=O)c3cc(-c4cnn(C)c4C)nc4ccccc34)cn2)cc1. The summed E-state index contributed by atoms with van der Waals surface area (Å²) in [4.78, 5) is 18.1. The van der Waals surface area contributed by atoms with Crippen LogP contribution in [0.3, 0.4) is 0 Å². The van der Waals surface area contributed by atoms with Crippen LogP contribution in [0.5, 0.6) is 5.75 Å². The van der Waals surface area contributed by atoms with Crippen molar-refractivity contribution < 1.29 is 9.53 Å². The molecule has 3 aromatic heterocycles. The van der Waals surface area contributed by atoms with E-state index in [0.29, 0.717) is 16.9 Å². The number of pyridine rings is 1. The van der Waals surface area contributed by atoms with Gasteiger partial charge in [-0.2, -0.15) is 10.2 Å². The standard InChI is InChI=1S/C27H26N6O2/c1-4-19-9-11-21(12-10-19)35-17-33-16-20(14-29-33)30-27(34)23-13-26(24-15-28-32(3)18(24)2)31-25-8-6-5-7-22(23)25/h5-16H,4,17H2,1-3H3,(H,30,34). The average molecular weight is 467 g/mol. The number of benzene rings is 2. The number of para-hydroxylation sites is 1. The number of hydrogen-bond acceptors (Lipinski definition) is 5. The van der Waals surface area contributed by atoms with Crippen LogP contribution in [-0.4, -0.2) is 30.5 Å². The third-order valence-corrected chi connectivity index (χ3v) is 6.06. The first-order valence-corrected chi connectivity index (χ1v) is 11.5. The summed E-state index contributed by atoms with van der Waals surface area (Å²) in [6.07, 6.45) is 6.11. The van der Waals surface area contributed by atoms with Gasteiger partial charge in [-0.1, -0.05) is 37.3 Å². The molecule has 0 saturated carbocycles. The second-order valence-electron chi connectivity index (χ2n) is 8.33.